The molecule has 2 aromatic carbocycles. The fraction of sp³-hybridized carbons (Fsp3) is 0. The van der Waals surface area contributed by atoms with Gasteiger partial charge in [-0.1, -0.05) is 0 Å². The molecule has 1 aromatic heterocycles. The molecule has 0 saturated heterocycles. The third-order valence-corrected chi connectivity index (χ3v) is 3.20. The SMILES string of the molecule is N=C(N)Nc1ccc(C(=O)Oc2ccc3ccc(=O)oc3c2)cc1. The highest BCUT2D eigenvalue weighted by Crippen LogP contribution is 2.20. The fourth-order valence-electron chi connectivity index (χ4n) is 2.12. The van der Waals surface area contributed by atoms with Gasteiger partial charge in [0, 0.05) is 23.2 Å². The van der Waals surface area contributed by atoms with Crippen LogP contribution in [0.15, 0.2) is 63.8 Å². The normalized spacial score (nSPS) is 10.3. The molecule has 0 fully saturated rings. The number of carbonyl (C=O) groups excluding carboxylic acids is 1. The zero-order chi connectivity index (χ0) is 17.1. The van der Waals surface area contributed by atoms with Gasteiger partial charge in [0.2, 0.25) is 0 Å². The van der Waals surface area contributed by atoms with Gasteiger partial charge < -0.3 is 20.2 Å². The summed E-state index contributed by atoms with van der Waals surface area (Å²) in [7, 11) is 0. The molecule has 0 aliphatic rings. The first-order valence-corrected chi connectivity index (χ1v) is 6.98. The van der Waals surface area contributed by atoms with Crippen LogP contribution >= 0.6 is 0 Å². The van der Waals surface area contributed by atoms with Crippen molar-refractivity contribution in [3.05, 3.63) is 70.6 Å². The Morgan fingerprint density at radius 2 is 1.79 bits per heavy atom. The van der Waals surface area contributed by atoms with Crippen molar-refractivity contribution >= 4 is 28.6 Å². The second kappa shape index (κ2) is 6.25. The van der Waals surface area contributed by atoms with E-state index in [0.29, 0.717) is 16.8 Å². The number of carbonyl (C=O) groups is 1. The summed E-state index contributed by atoms with van der Waals surface area (Å²) in [6, 6.07) is 14.1. The molecule has 1 heterocycles. The van der Waals surface area contributed by atoms with Crippen molar-refractivity contribution in [3.63, 3.8) is 0 Å². The lowest BCUT2D eigenvalue weighted by Gasteiger charge is -2.07. The summed E-state index contributed by atoms with van der Waals surface area (Å²) in [5.41, 5.74) is 6.02. The monoisotopic (exact) mass is 323 g/mol. The molecular formula is C17H13N3O4. The number of rotatable bonds is 3. The van der Waals surface area contributed by atoms with Crippen LogP contribution in [0, 0.1) is 5.41 Å². The van der Waals surface area contributed by atoms with E-state index in [9.17, 15) is 9.59 Å². The number of benzene rings is 2. The van der Waals surface area contributed by atoms with E-state index >= 15 is 0 Å². The lowest BCUT2D eigenvalue weighted by Crippen LogP contribution is -2.20. The minimum atomic E-state index is -0.554. The Morgan fingerprint density at radius 3 is 2.50 bits per heavy atom. The number of fused-ring (bicyclic) bond motifs is 1. The van der Waals surface area contributed by atoms with Gasteiger partial charge in [-0.2, -0.15) is 0 Å². The smallest absolute Gasteiger partial charge is 0.343 e. The number of nitrogens with two attached hydrogens (primary N) is 1. The molecule has 4 N–H and O–H groups in total. The highest BCUT2D eigenvalue weighted by Gasteiger charge is 2.10. The highest BCUT2D eigenvalue weighted by atomic mass is 16.5. The van der Waals surface area contributed by atoms with Crippen LogP contribution in [-0.2, 0) is 0 Å². The van der Waals surface area contributed by atoms with E-state index in [-0.39, 0.29) is 11.7 Å². The Bertz CT molecular complexity index is 977. The van der Waals surface area contributed by atoms with Crippen LogP contribution < -0.4 is 21.4 Å². The van der Waals surface area contributed by atoms with Crippen LogP contribution in [0.3, 0.4) is 0 Å². The standard InChI is InChI=1S/C17H13N3O4/c18-17(19)20-12-5-1-11(2-6-12)16(22)23-13-7-3-10-4-8-15(21)24-14(10)9-13/h1-9H,(H4,18,19,20). The molecule has 0 spiro atoms. The van der Waals surface area contributed by atoms with Gasteiger partial charge in [-0.3, -0.25) is 5.41 Å². The van der Waals surface area contributed by atoms with E-state index in [0.717, 1.165) is 5.39 Å². The average Bonchev–Trinajstić information content (AvgIpc) is 2.54. The van der Waals surface area contributed by atoms with Crippen LogP contribution in [0.2, 0.25) is 0 Å². The van der Waals surface area contributed by atoms with Crippen molar-refractivity contribution in [2.45, 2.75) is 0 Å². The van der Waals surface area contributed by atoms with Gasteiger partial charge in [-0.15, -0.1) is 0 Å². The summed E-state index contributed by atoms with van der Waals surface area (Å²) in [6.07, 6.45) is 0. The van der Waals surface area contributed by atoms with E-state index in [1.165, 1.54) is 12.1 Å². The van der Waals surface area contributed by atoms with E-state index < -0.39 is 11.6 Å². The van der Waals surface area contributed by atoms with Crippen LogP contribution in [0.4, 0.5) is 5.69 Å². The van der Waals surface area contributed by atoms with Gasteiger partial charge >= 0.3 is 11.6 Å². The maximum absolute atomic E-state index is 12.1. The molecule has 0 amide bonds. The van der Waals surface area contributed by atoms with Crippen molar-refractivity contribution in [3.8, 4) is 5.75 Å². The second-order valence-corrected chi connectivity index (χ2v) is 4.96. The minimum Gasteiger partial charge on any atom is -0.423 e. The third kappa shape index (κ3) is 3.41. The number of hydrogen-bond donors (Lipinski definition) is 3. The number of hydrogen-bond acceptors (Lipinski definition) is 5. The molecule has 0 unspecified atom stereocenters. The van der Waals surface area contributed by atoms with E-state index in [1.807, 2.05) is 0 Å². The molecule has 7 heteroatoms. The Labute approximate surface area is 136 Å². The van der Waals surface area contributed by atoms with Crippen molar-refractivity contribution in [1.29, 1.82) is 5.41 Å². The number of nitrogens with one attached hydrogen (secondary N) is 2. The minimum absolute atomic E-state index is 0.192. The maximum Gasteiger partial charge on any atom is 0.343 e. The largest absolute Gasteiger partial charge is 0.423 e. The molecule has 0 aliphatic carbocycles. The van der Waals surface area contributed by atoms with Gasteiger partial charge in [-0.05, 0) is 42.5 Å². The fourth-order valence-corrected chi connectivity index (χ4v) is 2.12. The first-order valence-electron chi connectivity index (χ1n) is 6.98. The highest BCUT2D eigenvalue weighted by molar-refractivity contribution is 5.93. The molecule has 0 radical (unpaired) electrons. The zero-order valence-electron chi connectivity index (χ0n) is 12.4. The molecule has 120 valence electrons. The first kappa shape index (κ1) is 15.3. The molecule has 3 aromatic rings. The van der Waals surface area contributed by atoms with Crippen LogP contribution in [0.5, 0.6) is 5.75 Å². The Balaban J connectivity index is 1.79. The van der Waals surface area contributed by atoms with Gasteiger partial charge in [0.15, 0.2) is 5.96 Å². The average molecular weight is 323 g/mol. The first-order chi connectivity index (χ1) is 11.5. The molecule has 0 aliphatic heterocycles. The molecule has 0 atom stereocenters. The summed E-state index contributed by atoms with van der Waals surface area (Å²) in [5, 5.41) is 10.5. The number of guanidine groups is 1. The predicted molar refractivity (Wildman–Crippen MR) is 89.4 cm³/mol. The summed E-state index contributed by atoms with van der Waals surface area (Å²) >= 11 is 0. The lowest BCUT2D eigenvalue weighted by atomic mass is 10.2. The van der Waals surface area contributed by atoms with Crippen LogP contribution in [0.1, 0.15) is 10.4 Å². The molecule has 0 saturated carbocycles. The van der Waals surface area contributed by atoms with Gasteiger partial charge in [0.1, 0.15) is 11.3 Å². The molecule has 7 nitrogen and oxygen atoms in total. The molecular weight excluding hydrogens is 310 g/mol. The topological polar surface area (TPSA) is 118 Å². The van der Waals surface area contributed by atoms with Gasteiger partial charge in [0.25, 0.3) is 0 Å². The van der Waals surface area contributed by atoms with E-state index in [2.05, 4.69) is 5.32 Å². The van der Waals surface area contributed by atoms with Gasteiger partial charge in [-0.25, -0.2) is 9.59 Å². The zero-order valence-corrected chi connectivity index (χ0v) is 12.4. The number of anilines is 1. The van der Waals surface area contributed by atoms with E-state index in [4.69, 9.17) is 20.3 Å². The Morgan fingerprint density at radius 1 is 1.08 bits per heavy atom. The number of ether oxygens (including phenoxy) is 1. The van der Waals surface area contributed by atoms with E-state index in [1.54, 1.807) is 42.5 Å². The number of esters is 1. The predicted octanol–water partition coefficient (Wildman–Crippen LogP) is 2.32. The van der Waals surface area contributed by atoms with Gasteiger partial charge in [0.05, 0.1) is 5.56 Å². The van der Waals surface area contributed by atoms with Crippen LogP contribution in [-0.4, -0.2) is 11.9 Å². The maximum atomic E-state index is 12.1. The second-order valence-electron chi connectivity index (χ2n) is 4.96. The van der Waals surface area contributed by atoms with Crippen molar-refractivity contribution in [1.82, 2.24) is 0 Å². The van der Waals surface area contributed by atoms with Crippen LogP contribution in [0.25, 0.3) is 11.0 Å². The summed E-state index contributed by atoms with van der Waals surface area (Å²) in [4.78, 5) is 23.4. The molecule has 3 rings (SSSR count). The summed E-state index contributed by atoms with van der Waals surface area (Å²) < 4.78 is 10.3. The third-order valence-electron chi connectivity index (χ3n) is 3.20. The Kier molecular flexibility index (Phi) is 3.98. The van der Waals surface area contributed by atoms with Crippen molar-refractivity contribution in [2.24, 2.45) is 5.73 Å². The lowest BCUT2D eigenvalue weighted by molar-refractivity contribution is 0.0735. The Hall–Kier alpha value is -3.61. The summed E-state index contributed by atoms with van der Waals surface area (Å²) in [6.45, 7) is 0. The van der Waals surface area contributed by atoms with Crippen molar-refractivity contribution < 1.29 is 13.9 Å². The molecule has 24 heavy (non-hydrogen) atoms. The molecule has 0 bridgehead atoms. The van der Waals surface area contributed by atoms with Crippen molar-refractivity contribution in [2.75, 3.05) is 5.32 Å². The summed E-state index contributed by atoms with van der Waals surface area (Å²) in [5.74, 6) is -0.474. The quantitative estimate of drug-likeness (QED) is 0.224.